The van der Waals surface area contributed by atoms with Crippen LogP contribution in [0.5, 0.6) is 0 Å². The zero-order chi connectivity index (χ0) is 15.8. The van der Waals surface area contributed by atoms with Crippen molar-refractivity contribution in [3.63, 3.8) is 0 Å². The highest BCUT2D eigenvalue weighted by molar-refractivity contribution is 5.97. The molecule has 0 N–H and O–H groups in total. The molecule has 1 aromatic carbocycles. The first-order valence-corrected chi connectivity index (χ1v) is 7.93. The Balaban J connectivity index is 1.53. The van der Waals surface area contributed by atoms with Gasteiger partial charge in [-0.15, -0.1) is 0 Å². The fourth-order valence-electron chi connectivity index (χ4n) is 3.78. The standard InChI is InChI=1S/C18H18FN3O/c19-14-5-3-13(4-6-14)12-21-9-7-16-17(21)10-18(23)22(16)15-2-1-8-20-11-15/h1-6,8,11,16-17H,7,9-10,12H2/t16-,17+/m0/s1. The molecule has 2 fully saturated rings. The summed E-state index contributed by atoms with van der Waals surface area (Å²) in [7, 11) is 0. The average Bonchev–Trinajstić information content (AvgIpc) is 3.09. The van der Waals surface area contributed by atoms with E-state index in [9.17, 15) is 9.18 Å². The first kappa shape index (κ1) is 14.3. The highest BCUT2D eigenvalue weighted by Gasteiger charge is 2.47. The highest BCUT2D eigenvalue weighted by Crippen LogP contribution is 2.36. The molecule has 23 heavy (non-hydrogen) atoms. The number of likely N-dealkylation sites (tertiary alicyclic amines) is 1. The van der Waals surface area contributed by atoms with E-state index in [4.69, 9.17) is 0 Å². The van der Waals surface area contributed by atoms with Gasteiger partial charge in [-0.3, -0.25) is 14.7 Å². The van der Waals surface area contributed by atoms with Crippen molar-refractivity contribution in [2.45, 2.75) is 31.5 Å². The van der Waals surface area contributed by atoms with Crippen LogP contribution in [0.1, 0.15) is 18.4 Å². The summed E-state index contributed by atoms with van der Waals surface area (Å²) < 4.78 is 13.0. The van der Waals surface area contributed by atoms with Crippen LogP contribution in [0.3, 0.4) is 0 Å². The minimum absolute atomic E-state index is 0.164. The Kier molecular flexibility index (Phi) is 3.58. The molecule has 2 aromatic rings. The molecule has 0 spiro atoms. The topological polar surface area (TPSA) is 36.4 Å². The lowest BCUT2D eigenvalue weighted by molar-refractivity contribution is -0.117. The molecule has 3 heterocycles. The van der Waals surface area contributed by atoms with Crippen LogP contribution >= 0.6 is 0 Å². The number of hydrogen-bond donors (Lipinski definition) is 0. The van der Waals surface area contributed by atoms with E-state index < -0.39 is 0 Å². The van der Waals surface area contributed by atoms with E-state index in [0.29, 0.717) is 6.42 Å². The third-order valence-electron chi connectivity index (χ3n) is 4.83. The Morgan fingerprint density at radius 1 is 1.17 bits per heavy atom. The van der Waals surface area contributed by atoms with E-state index in [1.807, 2.05) is 29.2 Å². The second-order valence-corrected chi connectivity index (χ2v) is 6.20. The monoisotopic (exact) mass is 311 g/mol. The second kappa shape index (κ2) is 5.74. The van der Waals surface area contributed by atoms with E-state index in [2.05, 4.69) is 9.88 Å². The normalized spacial score (nSPS) is 24.2. The van der Waals surface area contributed by atoms with Crippen molar-refractivity contribution in [3.05, 3.63) is 60.2 Å². The maximum Gasteiger partial charge on any atom is 0.229 e. The van der Waals surface area contributed by atoms with Gasteiger partial charge >= 0.3 is 0 Å². The molecule has 0 aliphatic carbocycles. The number of nitrogens with zero attached hydrogens (tertiary/aromatic N) is 3. The molecule has 2 aliphatic rings. The van der Waals surface area contributed by atoms with E-state index in [1.165, 1.54) is 12.1 Å². The van der Waals surface area contributed by atoms with E-state index in [1.54, 1.807) is 12.4 Å². The number of rotatable bonds is 3. The first-order chi connectivity index (χ1) is 11.2. The molecule has 0 radical (unpaired) electrons. The number of hydrogen-bond acceptors (Lipinski definition) is 3. The number of carbonyl (C=O) groups is 1. The second-order valence-electron chi connectivity index (χ2n) is 6.20. The molecular weight excluding hydrogens is 293 g/mol. The van der Waals surface area contributed by atoms with Gasteiger partial charge in [0.15, 0.2) is 0 Å². The number of carbonyl (C=O) groups excluding carboxylic acids is 1. The van der Waals surface area contributed by atoms with Crippen molar-refractivity contribution < 1.29 is 9.18 Å². The van der Waals surface area contributed by atoms with Gasteiger partial charge in [0.1, 0.15) is 5.82 Å². The molecule has 0 saturated carbocycles. The summed E-state index contributed by atoms with van der Waals surface area (Å²) in [5.41, 5.74) is 1.97. The molecule has 5 heteroatoms. The number of pyridine rings is 1. The predicted octanol–water partition coefficient (Wildman–Crippen LogP) is 2.60. The molecule has 118 valence electrons. The van der Waals surface area contributed by atoms with Gasteiger partial charge in [-0.05, 0) is 36.2 Å². The van der Waals surface area contributed by atoms with Crippen molar-refractivity contribution in [1.29, 1.82) is 0 Å². The summed E-state index contributed by atoms with van der Waals surface area (Å²) in [5, 5.41) is 0. The summed E-state index contributed by atoms with van der Waals surface area (Å²) in [6.07, 6.45) is 4.98. The summed E-state index contributed by atoms with van der Waals surface area (Å²) in [6, 6.07) is 10.9. The Hall–Kier alpha value is -2.27. The number of amides is 1. The highest BCUT2D eigenvalue weighted by atomic mass is 19.1. The van der Waals surface area contributed by atoms with Crippen LogP contribution in [-0.2, 0) is 11.3 Å². The van der Waals surface area contributed by atoms with Crippen LogP contribution in [0.4, 0.5) is 10.1 Å². The molecule has 0 bridgehead atoms. The SMILES string of the molecule is O=C1C[C@@H]2[C@H](CCN2Cc2ccc(F)cc2)N1c1cccnc1. The Labute approximate surface area is 134 Å². The van der Waals surface area contributed by atoms with Crippen LogP contribution in [0, 0.1) is 5.82 Å². The fourth-order valence-corrected chi connectivity index (χ4v) is 3.78. The van der Waals surface area contributed by atoms with Gasteiger partial charge in [0.05, 0.1) is 17.9 Å². The summed E-state index contributed by atoms with van der Waals surface area (Å²) in [5.74, 6) is -0.0522. The Morgan fingerprint density at radius 3 is 2.74 bits per heavy atom. The van der Waals surface area contributed by atoms with Gasteiger partial charge < -0.3 is 4.90 Å². The molecule has 4 nitrogen and oxygen atoms in total. The largest absolute Gasteiger partial charge is 0.306 e. The minimum Gasteiger partial charge on any atom is -0.306 e. The van der Waals surface area contributed by atoms with Crippen LogP contribution in [0.15, 0.2) is 48.8 Å². The lowest BCUT2D eigenvalue weighted by atomic mass is 10.1. The molecule has 2 aliphatic heterocycles. The molecular formula is C18H18FN3O. The number of benzene rings is 1. The summed E-state index contributed by atoms with van der Waals surface area (Å²) in [4.78, 5) is 20.8. The Morgan fingerprint density at radius 2 is 2.00 bits per heavy atom. The third kappa shape index (κ3) is 2.61. The molecule has 1 aromatic heterocycles. The van der Waals surface area contributed by atoms with Crippen LogP contribution in [-0.4, -0.2) is 34.4 Å². The van der Waals surface area contributed by atoms with Gasteiger partial charge in [0.2, 0.25) is 5.91 Å². The lowest BCUT2D eigenvalue weighted by Crippen LogP contribution is -2.37. The van der Waals surface area contributed by atoms with Gasteiger partial charge in [-0.1, -0.05) is 12.1 Å². The summed E-state index contributed by atoms with van der Waals surface area (Å²) in [6.45, 7) is 1.71. The van der Waals surface area contributed by atoms with Gasteiger partial charge in [0, 0.05) is 31.7 Å². The smallest absolute Gasteiger partial charge is 0.229 e. The van der Waals surface area contributed by atoms with E-state index >= 15 is 0 Å². The molecule has 4 rings (SSSR count). The van der Waals surface area contributed by atoms with E-state index in [0.717, 1.165) is 30.8 Å². The first-order valence-electron chi connectivity index (χ1n) is 7.93. The Bertz CT molecular complexity index is 704. The van der Waals surface area contributed by atoms with Crippen LogP contribution < -0.4 is 4.90 Å². The van der Waals surface area contributed by atoms with Crippen molar-refractivity contribution in [1.82, 2.24) is 9.88 Å². The average molecular weight is 311 g/mol. The molecule has 1 amide bonds. The molecule has 2 saturated heterocycles. The van der Waals surface area contributed by atoms with Crippen molar-refractivity contribution in [3.8, 4) is 0 Å². The molecule has 2 atom stereocenters. The van der Waals surface area contributed by atoms with Crippen molar-refractivity contribution >= 4 is 11.6 Å². The number of anilines is 1. The van der Waals surface area contributed by atoms with Gasteiger partial charge in [-0.2, -0.15) is 0 Å². The van der Waals surface area contributed by atoms with E-state index in [-0.39, 0.29) is 23.8 Å². The zero-order valence-corrected chi connectivity index (χ0v) is 12.7. The van der Waals surface area contributed by atoms with Gasteiger partial charge in [0.25, 0.3) is 0 Å². The fraction of sp³-hybridized carbons (Fsp3) is 0.333. The zero-order valence-electron chi connectivity index (χ0n) is 12.7. The quantitative estimate of drug-likeness (QED) is 0.874. The van der Waals surface area contributed by atoms with Crippen molar-refractivity contribution in [2.75, 3.05) is 11.4 Å². The van der Waals surface area contributed by atoms with Crippen LogP contribution in [0.2, 0.25) is 0 Å². The minimum atomic E-state index is -0.216. The van der Waals surface area contributed by atoms with Gasteiger partial charge in [-0.25, -0.2) is 4.39 Å². The maximum absolute atomic E-state index is 13.0. The lowest BCUT2D eigenvalue weighted by Gasteiger charge is -2.25. The number of fused-ring (bicyclic) bond motifs is 1. The number of halogens is 1. The predicted molar refractivity (Wildman–Crippen MR) is 85.3 cm³/mol. The maximum atomic E-state index is 13.0. The third-order valence-corrected chi connectivity index (χ3v) is 4.83. The number of aromatic nitrogens is 1. The molecule has 0 unspecified atom stereocenters. The van der Waals surface area contributed by atoms with Crippen LogP contribution in [0.25, 0.3) is 0 Å². The summed E-state index contributed by atoms with van der Waals surface area (Å²) >= 11 is 0. The van der Waals surface area contributed by atoms with Crippen molar-refractivity contribution in [2.24, 2.45) is 0 Å².